The maximum absolute atomic E-state index is 10.7. The third kappa shape index (κ3) is 3.98. The van der Waals surface area contributed by atoms with E-state index in [4.69, 9.17) is 11.6 Å². The zero-order valence-electron chi connectivity index (χ0n) is 10.3. The first-order valence-electron chi connectivity index (χ1n) is 5.53. The predicted molar refractivity (Wildman–Crippen MR) is 69.3 cm³/mol. The summed E-state index contributed by atoms with van der Waals surface area (Å²) < 4.78 is 0. The van der Waals surface area contributed by atoms with Crippen molar-refractivity contribution in [1.82, 2.24) is 5.32 Å². The summed E-state index contributed by atoms with van der Waals surface area (Å²) in [5, 5.41) is 14.5. The van der Waals surface area contributed by atoms with E-state index in [-0.39, 0.29) is 11.2 Å². The highest BCUT2D eigenvalue weighted by Crippen LogP contribution is 2.22. The molecule has 4 nitrogen and oxygen atoms in total. The lowest BCUT2D eigenvalue weighted by molar-refractivity contribution is -0.384. The molecule has 0 spiro atoms. The Morgan fingerprint density at radius 2 is 2.12 bits per heavy atom. The van der Waals surface area contributed by atoms with Crippen LogP contribution in [0.1, 0.15) is 32.8 Å². The molecule has 1 aromatic rings. The molecule has 0 amide bonds. The van der Waals surface area contributed by atoms with Crippen LogP contribution >= 0.6 is 11.6 Å². The lowest BCUT2D eigenvalue weighted by atomic mass is 10.0. The fraction of sp³-hybridized carbons (Fsp3) is 0.500. The quantitative estimate of drug-likeness (QED) is 0.648. The number of nitrogens with one attached hydrogen (secondary N) is 1. The average Bonchev–Trinajstić information content (AvgIpc) is 2.27. The summed E-state index contributed by atoms with van der Waals surface area (Å²) in [4.78, 5) is 10.3. The van der Waals surface area contributed by atoms with E-state index in [1.807, 2.05) is 0 Å². The van der Waals surface area contributed by atoms with Crippen molar-refractivity contribution in [2.24, 2.45) is 0 Å². The first-order chi connectivity index (χ1) is 7.85. The van der Waals surface area contributed by atoms with Gasteiger partial charge in [0.25, 0.3) is 5.69 Å². The number of nitrogens with zero attached hydrogens (tertiary/aromatic N) is 1. The summed E-state index contributed by atoms with van der Waals surface area (Å²) in [6.07, 6.45) is 0.972. The molecule has 0 saturated carbocycles. The van der Waals surface area contributed by atoms with Crippen molar-refractivity contribution in [3.05, 3.63) is 38.9 Å². The number of nitro benzene ring substituents is 1. The Balaban J connectivity index is 2.83. The monoisotopic (exact) mass is 256 g/mol. The van der Waals surface area contributed by atoms with E-state index in [1.54, 1.807) is 6.07 Å². The minimum absolute atomic E-state index is 0.00600. The molecular formula is C12H17ClN2O2. The highest BCUT2D eigenvalue weighted by Gasteiger charge is 2.15. The maximum Gasteiger partial charge on any atom is 0.269 e. The van der Waals surface area contributed by atoms with Gasteiger partial charge in [0.2, 0.25) is 0 Å². The van der Waals surface area contributed by atoms with Gasteiger partial charge in [0.05, 0.1) is 4.92 Å². The van der Waals surface area contributed by atoms with E-state index in [9.17, 15) is 10.1 Å². The summed E-state index contributed by atoms with van der Waals surface area (Å²) in [5.41, 5.74) is 0.816. The molecule has 0 aliphatic rings. The number of nitro groups is 1. The summed E-state index contributed by atoms with van der Waals surface area (Å²) in [6, 6.07) is 4.49. The van der Waals surface area contributed by atoms with Crippen LogP contribution in [0.4, 0.5) is 5.69 Å². The van der Waals surface area contributed by atoms with Gasteiger partial charge in [-0.05, 0) is 31.9 Å². The number of benzene rings is 1. The molecule has 0 aromatic heterocycles. The maximum atomic E-state index is 10.7. The zero-order valence-corrected chi connectivity index (χ0v) is 11.0. The topological polar surface area (TPSA) is 55.2 Å². The molecule has 0 heterocycles. The second-order valence-corrected chi connectivity index (χ2v) is 5.03. The molecule has 5 heteroatoms. The number of non-ortho nitro benzene ring substituents is 1. The van der Waals surface area contributed by atoms with E-state index >= 15 is 0 Å². The Hall–Kier alpha value is -1.13. The Morgan fingerprint density at radius 1 is 1.47 bits per heavy atom. The molecule has 0 aliphatic carbocycles. The van der Waals surface area contributed by atoms with E-state index in [0.717, 1.165) is 12.0 Å². The Morgan fingerprint density at radius 3 is 2.65 bits per heavy atom. The second-order valence-electron chi connectivity index (χ2n) is 4.62. The van der Waals surface area contributed by atoms with Crippen molar-refractivity contribution in [2.45, 2.75) is 39.3 Å². The van der Waals surface area contributed by atoms with E-state index in [1.165, 1.54) is 12.1 Å². The Kier molecular flexibility index (Phi) is 4.48. The molecule has 94 valence electrons. The van der Waals surface area contributed by atoms with Crippen LogP contribution in [0.25, 0.3) is 0 Å². The molecule has 1 rings (SSSR count). The van der Waals surface area contributed by atoms with Gasteiger partial charge in [-0.1, -0.05) is 18.5 Å². The van der Waals surface area contributed by atoms with Crippen molar-refractivity contribution in [1.29, 1.82) is 0 Å². The number of rotatable bonds is 5. The standard InChI is InChI=1S/C12H17ClN2O2/c1-4-12(2,3)14-8-9-7-10(15(16)17)5-6-11(9)13/h5-7,14H,4,8H2,1-3H3. The predicted octanol–water partition coefficient (Wildman–Crippen LogP) is 3.53. The van der Waals surface area contributed by atoms with E-state index < -0.39 is 4.92 Å². The molecule has 0 radical (unpaired) electrons. The van der Waals surface area contributed by atoms with Crippen LogP contribution in [0, 0.1) is 10.1 Å². The molecule has 0 saturated heterocycles. The van der Waals surface area contributed by atoms with Crippen LogP contribution in [0.15, 0.2) is 18.2 Å². The number of halogens is 1. The largest absolute Gasteiger partial charge is 0.308 e. The van der Waals surface area contributed by atoms with Crippen molar-refractivity contribution in [2.75, 3.05) is 0 Å². The van der Waals surface area contributed by atoms with Gasteiger partial charge in [-0.3, -0.25) is 10.1 Å². The molecule has 0 fully saturated rings. The van der Waals surface area contributed by atoms with Crippen LogP contribution in [0.2, 0.25) is 5.02 Å². The molecule has 0 atom stereocenters. The third-order valence-corrected chi connectivity index (χ3v) is 3.25. The smallest absolute Gasteiger partial charge is 0.269 e. The summed E-state index contributed by atoms with van der Waals surface area (Å²) in [5.74, 6) is 0. The average molecular weight is 257 g/mol. The first-order valence-corrected chi connectivity index (χ1v) is 5.91. The van der Waals surface area contributed by atoms with Crippen molar-refractivity contribution in [3.63, 3.8) is 0 Å². The van der Waals surface area contributed by atoms with Gasteiger partial charge >= 0.3 is 0 Å². The SMILES string of the molecule is CCC(C)(C)NCc1cc([N+](=O)[O-])ccc1Cl. The van der Waals surface area contributed by atoms with E-state index in [2.05, 4.69) is 26.1 Å². The summed E-state index contributed by atoms with van der Waals surface area (Å²) in [7, 11) is 0. The molecule has 1 aromatic carbocycles. The Labute approximate surface area is 106 Å². The lowest BCUT2D eigenvalue weighted by Gasteiger charge is -2.24. The van der Waals surface area contributed by atoms with E-state index in [0.29, 0.717) is 11.6 Å². The van der Waals surface area contributed by atoms with Gasteiger partial charge in [-0.15, -0.1) is 0 Å². The molecule has 0 unspecified atom stereocenters. The van der Waals surface area contributed by atoms with Crippen LogP contribution in [0.5, 0.6) is 0 Å². The van der Waals surface area contributed by atoms with Gasteiger partial charge in [0.15, 0.2) is 0 Å². The minimum Gasteiger partial charge on any atom is -0.308 e. The molecule has 1 N–H and O–H groups in total. The van der Waals surface area contributed by atoms with Crippen LogP contribution in [-0.2, 0) is 6.54 Å². The Bertz CT molecular complexity index is 419. The van der Waals surface area contributed by atoms with Gasteiger partial charge < -0.3 is 5.32 Å². The fourth-order valence-electron chi connectivity index (χ4n) is 1.27. The normalized spacial score (nSPS) is 11.5. The highest BCUT2D eigenvalue weighted by atomic mass is 35.5. The van der Waals surface area contributed by atoms with Crippen LogP contribution < -0.4 is 5.32 Å². The van der Waals surface area contributed by atoms with Gasteiger partial charge in [0, 0.05) is 29.2 Å². The van der Waals surface area contributed by atoms with Crippen molar-refractivity contribution in [3.8, 4) is 0 Å². The summed E-state index contributed by atoms with van der Waals surface area (Å²) in [6.45, 7) is 6.78. The molecule has 17 heavy (non-hydrogen) atoms. The van der Waals surface area contributed by atoms with Gasteiger partial charge in [-0.2, -0.15) is 0 Å². The number of hydrogen-bond donors (Lipinski definition) is 1. The van der Waals surface area contributed by atoms with Crippen LogP contribution in [0.3, 0.4) is 0 Å². The second kappa shape index (κ2) is 5.47. The first kappa shape index (κ1) is 13.9. The van der Waals surface area contributed by atoms with Gasteiger partial charge in [0.1, 0.15) is 0 Å². The highest BCUT2D eigenvalue weighted by molar-refractivity contribution is 6.31. The third-order valence-electron chi connectivity index (χ3n) is 2.88. The van der Waals surface area contributed by atoms with Crippen molar-refractivity contribution < 1.29 is 4.92 Å². The lowest BCUT2D eigenvalue weighted by Crippen LogP contribution is -2.37. The minimum atomic E-state index is -0.412. The summed E-state index contributed by atoms with van der Waals surface area (Å²) >= 11 is 6.01. The van der Waals surface area contributed by atoms with Crippen molar-refractivity contribution >= 4 is 17.3 Å². The van der Waals surface area contributed by atoms with Gasteiger partial charge in [-0.25, -0.2) is 0 Å². The molecule has 0 bridgehead atoms. The fourth-order valence-corrected chi connectivity index (χ4v) is 1.45. The number of hydrogen-bond acceptors (Lipinski definition) is 3. The molecular weight excluding hydrogens is 240 g/mol. The zero-order chi connectivity index (χ0) is 13.1. The molecule has 0 aliphatic heterocycles. The van der Waals surface area contributed by atoms with Crippen LogP contribution in [-0.4, -0.2) is 10.5 Å².